The lowest BCUT2D eigenvalue weighted by Gasteiger charge is -2.37. The molecule has 18 heavy (non-hydrogen) atoms. The second-order valence-electron chi connectivity index (χ2n) is 6.00. The summed E-state index contributed by atoms with van der Waals surface area (Å²) >= 11 is 0. The number of esters is 1. The van der Waals surface area contributed by atoms with Gasteiger partial charge in [0.1, 0.15) is 11.7 Å². The van der Waals surface area contributed by atoms with Crippen LogP contribution in [-0.2, 0) is 14.3 Å². The minimum atomic E-state index is -1.16. The molecule has 4 atom stereocenters. The van der Waals surface area contributed by atoms with E-state index in [9.17, 15) is 9.90 Å². The van der Waals surface area contributed by atoms with Crippen molar-refractivity contribution < 1.29 is 19.4 Å². The topological polar surface area (TPSA) is 55.8 Å². The molecule has 0 bridgehead atoms. The third kappa shape index (κ3) is 2.54. The molecule has 4 unspecified atom stereocenters. The Hall–Kier alpha value is -0.610. The maximum absolute atomic E-state index is 12.0. The van der Waals surface area contributed by atoms with Crippen LogP contribution in [0.3, 0.4) is 0 Å². The average molecular weight is 256 g/mol. The van der Waals surface area contributed by atoms with Crippen molar-refractivity contribution in [3.8, 4) is 0 Å². The van der Waals surface area contributed by atoms with Crippen LogP contribution in [0.5, 0.6) is 0 Å². The van der Waals surface area contributed by atoms with Crippen molar-refractivity contribution in [1.29, 1.82) is 0 Å². The van der Waals surface area contributed by atoms with Crippen molar-refractivity contribution in [2.75, 3.05) is 0 Å². The second-order valence-corrected chi connectivity index (χ2v) is 6.00. The Kier molecular flexibility index (Phi) is 3.70. The first-order valence-corrected chi connectivity index (χ1v) is 7.01. The SMILES string of the molecule is CCC(C)C(=O)OC12CCCCC1OC(C)(O)C2. The third-order valence-electron chi connectivity index (χ3n) is 4.25. The maximum atomic E-state index is 12.0. The summed E-state index contributed by atoms with van der Waals surface area (Å²) in [5, 5.41) is 10.1. The standard InChI is InChI=1S/C14H24O4/c1-4-10(2)12(15)18-14-8-6-5-7-11(14)17-13(3,16)9-14/h10-11,16H,4-9H2,1-3H3. The van der Waals surface area contributed by atoms with Crippen LogP contribution >= 0.6 is 0 Å². The van der Waals surface area contributed by atoms with Gasteiger partial charge in [-0.05, 0) is 32.6 Å². The van der Waals surface area contributed by atoms with Gasteiger partial charge in [0.05, 0.1) is 5.92 Å². The number of carbonyl (C=O) groups excluding carboxylic acids is 1. The van der Waals surface area contributed by atoms with Gasteiger partial charge in [-0.25, -0.2) is 0 Å². The zero-order valence-corrected chi connectivity index (χ0v) is 11.6. The average Bonchev–Trinajstić information content (AvgIpc) is 2.57. The Balaban J connectivity index is 2.13. The van der Waals surface area contributed by atoms with E-state index in [0.29, 0.717) is 6.42 Å². The lowest BCUT2D eigenvalue weighted by atomic mass is 9.80. The monoisotopic (exact) mass is 256 g/mol. The lowest BCUT2D eigenvalue weighted by molar-refractivity contribution is -0.191. The van der Waals surface area contributed by atoms with Crippen molar-refractivity contribution in [3.05, 3.63) is 0 Å². The molecule has 2 aliphatic rings. The van der Waals surface area contributed by atoms with Crippen LogP contribution in [0.2, 0.25) is 0 Å². The molecule has 1 saturated heterocycles. The number of hydrogen-bond acceptors (Lipinski definition) is 4. The summed E-state index contributed by atoms with van der Waals surface area (Å²) in [6.07, 6.45) is 4.80. The maximum Gasteiger partial charge on any atom is 0.309 e. The van der Waals surface area contributed by atoms with Gasteiger partial charge in [0, 0.05) is 6.42 Å². The van der Waals surface area contributed by atoms with Gasteiger partial charge in [0.15, 0.2) is 5.79 Å². The summed E-state index contributed by atoms with van der Waals surface area (Å²) in [4.78, 5) is 12.0. The van der Waals surface area contributed by atoms with Crippen molar-refractivity contribution in [1.82, 2.24) is 0 Å². The molecule has 1 aliphatic carbocycles. The Morgan fingerprint density at radius 3 is 2.94 bits per heavy atom. The molecule has 0 aromatic carbocycles. The van der Waals surface area contributed by atoms with E-state index in [2.05, 4.69) is 0 Å². The number of carbonyl (C=O) groups is 1. The third-order valence-corrected chi connectivity index (χ3v) is 4.25. The van der Waals surface area contributed by atoms with E-state index in [1.165, 1.54) is 0 Å². The highest BCUT2D eigenvalue weighted by Gasteiger charge is 2.56. The molecule has 4 nitrogen and oxygen atoms in total. The van der Waals surface area contributed by atoms with Crippen molar-refractivity contribution >= 4 is 5.97 Å². The van der Waals surface area contributed by atoms with Gasteiger partial charge in [-0.15, -0.1) is 0 Å². The van der Waals surface area contributed by atoms with E-state index >= 15 is 0 Å². The highest BCUT2D eigenvalue weighted by Crippen LogP contribution is 2.47. The fourth-order valence-electron chi connectivity index (χ4n) is 3.07. The summed E-state index contributed by atoms with van der Waals surface area (Å²) in [6.45, 7) is 5.51. The van der Waals surface area contributed by atoms with Gasteiger partial charge < -0.3 is 14.6 Å². The number of ether oxygens (including phenoxy) is 2. The molecular formula is C14H24O4. The van der Waals surface area contributed by atoms with Crippen molar-refractivity contribution in [2.45, 2.75) is 76.8 Å². The zero-order chi connectivity index (χ0) is 13.4. The molecule has 0 amide bonds. The van der Waals surface area contributed by atoms with Crippen LogP contribution in [-0.4, -0.2) is 28.6 Å². The Morgan fingerprint density at radius 2 is 2.28 bits per heavy atom. The Morgan fingerprint density at radius 1 is 1.56 bits per heavy atom. The minimum Gasteiger partial charge on any atom is -0.456 e. The highest BCUT2D eigenvalue weighted by molar-refractivity contribution is 5.72. The van der Waals surface area contributed by atoms with E-state index in [-0.39, 0.29) is 18.0 Å². The molecule has 1 heterocycles. The van der Waals surface area contributed by atoms with Crippen molar-refractivity contribution in [3.63, 3.8) is 0 Å². The first-order valence-electron chi connectivity index (χ1n) is 7.01. The molecule has 1 aliphatic heterocycles. The normalized spacial score (nSPS) is 41.2. The summed E-state index contributed by atoms with van der Waals surface area (Å²) in [5.74, 6) is -1.41. The van der Waals surface area contributed by atoms with Crippen LogP contribution in [0.15, 0.2) is 0 Å². The van der Waals surface area contributed by atoms with E-state index in [1.807, 2.05) is 13.8 Å². The Labute approximate surface area is 109 Å². The molecule has 0 spiro atoms. The number of rotatable bonds is 3. The van der Waals surface area contributed by atoms with Crippen LogP contribution in [0.1, 0.15) is 59.3 Å². The first kappa shape index (κ1) is 13.8. The number of aliphatic hydroxyl groups is 1. The molecule has 0 aromatic rings. The molecule has 1 N–H and O–H groups in total. The smallest absolute Gasteiger partial charge is 0.309 e. The minimum absolute atomic E-state index is 0.0903. The predicted molar refractivity (Wildman–Crippen MR) is 66.9 cm³/mol. The van der Waals surface area contributed by atoms with E-state index in [4.69, 9.17) is 9.47 Å². The van der Waals surface area contributed by atoms with Crippen molar-refractivity contribution in [2.24, 2.45) is 5.92 Å². The van der Waals surface area contributed by atoms with E-state index in [1.54, 1.807) is 6.92 Å². The largest absolute Gasteiger partial charge is 0.456 e. The molecule has 4 heteroatoms. The lowest BCUT2D eigenvalue weighted by Crippen LogP contribution is -2.46. The van der Waals surface area contributed by atoms with Crippen LogP contribution < -0.4 is 0 Å². The summed E-state index contributed by atoms with van der Waals surface area (Å²) in [7, 11) is 0. The first-order chi connectivity index (χ1) is 8.38. The second kappa shape index (κ2) is 4.82. The summed E-state index contributed by atoms with van der Waals surface area (Å²) < 4.78 is 11.4. The van der Waals surface area contributed by atoms with Crippen LogP contribution in [0.4, 0.5) is 0 Å². The fraction of sp³-hybridized carbons (Fsp3) is 0.929. The van der Waals surface area contributed by atoms with Gasteiger partial charge in [0.2, 0.25) is 0 Å². The molecule has 0 radical (unpaired) electrons. The molecule has 1 saturated carbocycles. The molecular weight excluding hydrogens is 232 g/mol. The highest BCUT2D eigenvalue weighted by atomic mass is 16.7. The van der Waals surface area contributed by atoms with E-state index < -0.39 is 11.4 Å². The van der Waals surface area contributed by atoms with E-state index in [0.717, 1.165) is 32.1 Å². The van der Waals surface area contributed by atoms with Gasteiger partial charge >= 0.3 is 5.97 Å². The van der Waals surface area contributed by atoms with Crippen LogP contribution in [0.25, 0.3) is 0 Å². The number of fused-ring (bicyclic) bond motifs is 1. The van der Waals surface area contributed by atoms with Gasteiger partial charge in [-0.1, -0.05) is 20.3 Å². The molecule has 2 fully saturated rings. The summed E-state index contributed by atoms with van der Waals surface area (Å²) in [6, 6.07) is 0. The Bertz CT molecular complexity index is 326. The van der Waals surface area contributed by atoms with Crippen LogP contribution in [0, 0.1) is 5.92 Å². The molecule has 0 aromatic heterocycles. The van der Waals surface area contributed by atoms with Gasteiger partial charge in [-0.2, -0.15) is 0 Å². The van der Waals surface area contributed by atoms with Gasteiger partial charge in [0.25, 0.3) is 0 Å². The molecule has 2 rings (SSSR count). The van der Waals surface area contributed by atoms with Gasteiger partial charge in [-0.3, -0.25) is 4.79 Å². The quantitative estimate of drug-likeness (QED) is 0.788. The molecule has 104 valence electrons. The number of hydrogen-bond donors (Lipinski definition) is 1. The fourth-order valence-corrected chi connectivity index (χ4v) is 3.07. The zero-order valence-electron chi connectivity index (χ0n) is 11.6. The summed E-state index contributed by atoms with van der Waals surface area (Å²) in [5.41, 5.74) is -0.595. The predicted octanol–water partition coefficient (Wildman–Crippen LogP) is 2.39.